The molecule has 11 aromatic carbocycles. The fourth-order valence-corrected chi connectivity index (χ4v) is 13.6. The van der Waals surface area contributed by atoms with Crippen molar-refractivity contribution < 1.29 is 73.3 Å². The zero-order valence-electron chi connectivity index (χ0n) is 69.1. The van der Waals surface area contributed by atoms with Gasteiger partial charge in [-0.15, -0.1) is 11.3 Å². The van der Waals surface area contributed by atoms with Crippen molar-refractivity contribution in [1.82, 2.24) is 51.0 Å². The van der Waals surface area contributed by atoms with E-state index in [2.05, 4.69) is 72.3 Å². The van der Waals surface area contributed by atoms with Gasteiger partial charge in [0.25, 0.3) is 0 Å². The first-order chi connectivity index (χ1) is 62.6. The number of hydrogen-bond acceptors (Lipinski definition) is 13. The number of aromatic nitrogens is 10. The Labute approximate surface area is 738 Å². The number of carbonyl (C=O) groups excluding carboxylic acids is 4. The highest BCUT2D eigenvalue weighted by molar-refractivity contribution is 7.10. The van der Waals surface area contributed by atoms with Crippen molar-refractivity contribution in [3.05, 3.63) is 360 Å². The topological polar surface area (TPSA) is 326 Å². The summed E-state index contributed by atoms with van der Waals surface area (Å²) in [5.41, 5.74) is 15.2. The standard InChI is InChI=1S/C24H19F2N3O2.C21H15F2N3OS.C20H19F2N3O2.C17H13F2N3O.C16H13F2N3/c25-17-9-6-15(7-10-17)8-11-21-18-12-23(20(26)13-22(18)29-28-21)27-24(31)19(14-30)16-4-2-1-3-5-16;22-14-6-3-13(4-7-14)5-8-18-16-11-20(17(23)12-19(16)26-25-18)24-21(27)10-15-2-1-9-28-15;1-20(2,11-26)19(27)23-18-9-14-16(24-25-17(14)10-15(18)22)8-5-12-3-6-13(21)7-4-12;1-10(23)20-17-8-13-15(21-22-16(13)9-14(17)19)7-4-11-2-5-12(18)6-3-11;17-12-3-1-2-10(6-12)4-5-15-13-7-11(9-19)14(18)8-16(13)21-20-15/h1-13,19,30H,14H2,(H,27,31)(H,28,29);1-9,11-12H,10H2,(H,24,27)(H,25,26);3-10,26H,11H2,1-2H3,(H,23,27)(H,24,25);2-9H,1H3,(H,20,23)(H,21,22);1-8H,9,19H2,(H,20,21)/b11-8+;2*8-5+;7-4+;5-4+. The molecule has 13 N–H and O–H groups in total. The summed E-state index contributed by atoms with van der Waals surface area (Å²) in [7, 11) is 0. The molecule has 0 bridgehead atoms. The van der Waals surface area contributed by atoms with Crippen LogP contribution in [0.5, 0.6) is 0 Å². The molecular weight excluding hydrogens is 1710 g/mol. The Bertz CT molecular complexity index is 7050. The second-order valence-corrected chi connectivity index (χ2v) is 30.8. The molecule has 0 aliphatic carbocycles. The number of H-pyrrole nitrogens is 5. The number of amides is 4. The molecule has 0 aliphatic rings. The Hall–Kier alpha value is -15.8. The van der Waals surface area contributed by atoms with Gasteiger partial charge in [-0.1, -0.05) is 127 Å². The summed E-state index contributed by atoms with van der Waals surface area (Å²) in [6.07, 6.45) is 17.7. The molecule has 21 nitrogen and oxygen atoms in total. The zero-order chi connectivity index (χ0) is 92.1. The lowest BCUT2D eigenvalue weighted by atomic mass is 9.93. The molecule has 658 valence electrons. The first-order valence-corrected chi connectivity index (χ1v) is 40.8. The summed E-state index contributed by atoms with van der Waals surface area (Å²) >= 11 is 1.48. The molecule has 0 saturated carbocycles. The lowest BCUT2D eigenvalue weighted by Gasteiger charge is -2.20. The van der Waals surface area contributed by atoms with Crippen LogP contribution in [0.2, 0.25) is 0 Å². The van der Waals surface area contributed by atoms with E-state index in [1.165, 1.54) is 127 Å². The first-order valence-electron chi connectivity index (χ1n) is 39.9. The lowest BCUT2D eigenvalue weighted by Crippen LogP contribution is -2.34. The molecule has 6 heterocycles. The molecular formula is C98H79F10N15O6S. The van der Waals surface area contributed by atoms with Gasteiger partial charge in [0.1, 0.15) is 58.2 Å². The zero-order valence-corrected chi connectivity index (χ0v) is 70.0. The fraction of sp³-hybridized carbons (Fsp3) is 0.0918. The van der Waals surface area contributed by atoms with Crippen LogP contribution >= 0.6 is 11.3 Å². The van der Waals surface area contributed by atoms with Gasteiger partial charge < -0.3 is 37.2 Å². The average molecular weight is 1780 g/mol. The van der Waals surface area contributed by atoms with Crippen molar-refractivity contribution in [3.63, 3.8) is 0 Å². The van der Waals surface area contributed by atoms with E-state index in [9.17, 15) is 73.3 Å². The Balaban J connectivity index is 0.000000139. The maximum Gasteiger partial charge on any atom is 0.234 e. The van der Waals surface area contributed by atoms with Crippen molar-refractivity contribution in [2.75, 3.05) is 34.5 Å². The van der Waals surface area contributed by atoms with E-state index in [-0.39, 0.29) is 89.0 Å². The number of nitrogens with two attached hydrogens (primary N) is 1. The van der Waals surface area contributed by atoms with Crippen molar-refractivity contribution in [2.45, 2.75) is 39.7 Å². The minimum atomic E-state index is -1.04. The molecule has 6 aromatic heterocycles. The number of benzene rings is 11. The SMILES string of the molecule is CC(=O)Nc1cc2c(/C=C/c3ccc(F)cc3)n[nH]c2cc1F.CC(C)(CO)C(=O)Nc1cc2c(/C=C/c3ccc(F)cc3)n[nH]c2cc1F.NCc1cc2c(/C=C/c3cccc(F)c3)n[nH]c2cc1F.O=C(Cc1cccs1)Nc1cc2c(/C=C/c3ccc(F)cc3)n[nH]c2cc1F.O=C(Nc1cc2c(/C=C/c3ccc(F)cc3)n[nH]c2cc1F)C(CO)c1ccccc1. The number of aliphatic hydroxyl groups is 2. The van der Waals surface area contributed by atoms with Gasteiger partial charge in [0, 0.05) is 75.1 Å². The van der Waals surface area contributed by atoms with Gasteiger partial charge in [-0.25, -0.2) is 43.9 Å². The molecule has 0 aliphatic heterocycles. The average Bonchev–Trinajstić information content (AvgIpc) is 1.66. The molecule has 0 fully saturated rings. The molecule has 17 aromatic rings. The third-order valence-corrected chi connectivity index (χ3v) is 20.8. The highest BCUT2D eigenvalue weighted by Crippen LogP contribution is 2.33. The molecule has 1 unspecified atom stereocenters. The van der Waals surface area contributed by atoms with E-state index in [4.69, 9.17) is 5.73 Å². The monoisotopic (exact) mass is 1780 g/mol. The predicted molar refractivity (Wildman–Crippen MR) is 490 cm³/mol. The van der Waals surface area contributed by atoms with E-state index in [0.717, 1.165) is 38.1 Å². The summed E-state index contributed by atoms with van der Waals surface area (Å²) in [6, 6.07) is 57.0. The third-order valence-electron chi connectivity index (χ3n) is 19.9. The summed E-state index contributed by atoms with van der Waals surface area (Å²) in [5.74, 6) is -6.67. The van der Waals surface area contributed by atoms with Crippen LogP contribution in [0.15, 0.2) is 230 Å². The number of halogens is 10. The molecule has 32 heteroatoms. The van der Waals surface area contributed by atoms with Crippen LogP contribution in [0.1, 0.15) is 99.0 Å². The molecule has 4 amide bonds. The summed E-state index contributed by atoms with van der Waals surface area (Å²) in [4.78, 5) is 49.1. The normalized spacial score (nSPS) is 11.8. The third kappa shape index (κ3) is 24.1. The summed E-state index contributed by atoms with van der Waals surface area (Å²) in [6.45, 7) is 3.80. The highest BCUT2D eigenvalue weighted by atomic mass is 32.1. The fourth-order valence-electron chi connectivity index (χ4n) is 12.9. The van der Waals surface area contributed by atoms with E-state index >= 15 is 0 Å². The Morgan fingerprint density at radius 1 is 0.392 bits per heavy atom. The summed E-state index contributed by atoms with van der Waals surface area (Å²) in [5, 5.41) is 68.9. The van der Waals surface area contributed by atoms with Crippen LogP contribution in [0, 0.1) is 63.6 Å². The maximum atomic E-state index is 14.6. The first kappa shape index (κ1) is 91.9. The minimum Gasteiger partial charge on any atom is -0.395 e. The molecule has 130 heavy (non-hydrogen) atoms. The smallest absolute Gasteiger partial charge is 0.234 e. The number of carbonyl (C=O) groups is 4. The van der Waals surface area contributed by atoms with Gasteiger partial charge in [-0.05, 0) is 186 Å². The number of rotatable bonds is 22. The number of aromatic amines is 5. The van der Waals surface area contributed by atoms with Crippen LogP contribution < -0.4 is 27.0 Å². The number of thiophene rings is 1. The second-order valence-electron chi connectivity index (χ2n) is 29.8. The molecule has 0 spiro atoms. The number of nitrogens with zero attached hydrogens (tertiary/aromatic N) is 5. The van der Waals surface area contributed by atoms with E-state index in [0.29, 0.717) is 88.7 Å². The number of hydrogen-bond donors (Lipinski definition) is 12. The number of fused-ring (bicyclic) bond motifs is 5. The van der Waals surface area contributed by atoms with Gasteiger partial charge >= 0.3 is 0 Å². The molecule has 1 atom stereocenters. The number of anilines is 4. The van der Waals surface area contributed by atoms with Gasteiger partial charge in [0.05, 0.1) is 110 Å². The highest BCUT2D eigenvalue weighted by Gasteiger charge is 2.28. The molecule has 0 radical (unpaired) electrons. The largest absolute Gasteiger partial charge is 0.395 e. The predicted octanol–water partition coefficient (Wildman–Crippen LogP) is 21.4. The molecule has 17 rings (SSSR count). The van der Waals surface area contributed by atoms with E-state index in [1.807, 2.05) is 23.6 Å². The number of nitrogens with one attached hydrogen (secondary N) is 9. The van der Waals surface area contributed by atoms with Crippen LogP contribution in [-0.4, -0.2) is 98.0 Å². The van der Waals surface area contributed by atoms with Crippen molar-refractivity contribution in [3.8, 4) is 0 Å². The van der Waals surface area contributed by atoms with Crippen LogP contribution in [-0.2, 0) is 32.1 Å². The Morgan fingerprint density at radius 3 is 1.11 bits per heavy atom. The van der Waals surface area contributed by atoms with Crippen molar-refractivity contribution in [2.24, 2.45) is 11.1 Å². The van der Waals surface area contributed by atoms with Gasteiger partial charge in [-0.2, -0.15) is 25.5 Å². The quantitative estimate of drug-likeness (QED) is 0.0282. The molecule has 0 saturated heterocycles. The van der Waals surface area contributed by atoms with Crippen LogP contribution in [0.4, 0.5) is 66.7 Å². The Morgan fingerprint density at radius 2 is 0.754 bits per heavy atom. The van der Waals surface area contributed by atoms with E-state index in [1.54, 1.807) is 172 Å². The maximum absolute atomic E-state index is 14.6. The number of aliphatic hydroxyl groups excluding tert-OH is 2. The van der Waals surface area contributed by atoms with Gasteiger partial charge in [-0.3, -0.25) is 44.7 Å². The van der Waals surface area contributed by atoms with Crippen LogP contribution in [0.25, 0.3) is 115 Å². The van der Waals surface area contributed by atoms with Crippen molar-refractivity contribution >= 4 is 173 Å². The van der Waals surface area contributed by atoms with Gasteiger partial charge in [0.15, 0.2) is 0 Å². The van der Waals surface area contributed by atoms with Crippen LogP contribution in [0.3, 0.4) is 0 Å². The second kappa shape index (κ2) is 42.5. The Kier molecular flexibility index (Phi) is 30.0. The summed E-state index contributed by atoms with van der Waals surface area (Å²) < 4.78 is 136. The lowest BCUT2D eigenvalue weighted by molar-refractivity contribution is -0.126. The minimum absolute atomic E-state index is 0.00635. The van der Waals surface area contributed by atoms with Crippen molar-refractivity contribution in [1.29, 1.82) is 0 Å². The van der Waals surface area contributed by atoms with Gasteiger partial charge in [0.2, 0.25) is 23.6 Å². The van der Waals surface area contributed by atoms with E-state index < -0.39 is 53.0 Å².